The monoisotopic (exact) mass is 317 g/mol. The SMILES string of the molecule is CCc1cc(C(=O)Nc2ccc3c(c2)B(O)OC3)c(Cl)nn1. The Hall–Kier alpha value is -1.96. The third-order valence-corrected chi connectivity index (χ3v) is 3.75. The van der Waals surface area contributed by atoms with Gasteiger partial charge in [0.1, 0.15) is 0 Å². The van der Waals surface area contributed by atoms with Crippen LogP contribution < -0.4 is 10.8 Å². The number of carbonyl (C=O) groups excluding carboxylic acids is 1. The first-order valence-electron chi connectivity index (χ1n) is 6.84. The summed E-state index contributed by atoms with van der Waals surface area (Å²) in [6, 6.07) is 6.87. The largest absolute Gasteiger partial charge is 0.491 e. The third-order valence-electron chi connectivity index (χ3n) is 3.47. The predicted octanol–water partition coefficient (Wildman–Crippen LogP) is 1.16. The van der Waals surface area contributed by atoms with Gasteiger partial charge in [0.25, 0.3) is 5.91 Å². The lowest BCUT2D eigenvalue weighted by Crippen LogP contribution is -2.28. The second-order valence-corrected chi connectivity index (χ2v) is 5.28. The lowest BCUT2D eigenvalue weighted by molar-refractivity contribution is 0.102. The smallest absolute Gasteiger partial charge is 0.423 e. The molecule has 2 aromatic rings. The lowest BCUT2D eigenvalue weighted by Gasteiger charge is -2.08. The van der Waals surface area contributed by atoms with Crippen LogP contribution >= 0.6 is 11.6 Å². The number of fused-ring (bicyclic) bond motifs is 1. The van der Waals surface area contributed by atoms with E-state index < -0.39 is 7.12 Å². The number of nitrogens with zero attached hydrogens (tertiary/aromatic N) is 2. The molecule has 0 aliphatic carbocycles. The Kier molecular flexibility index (Phi) is 4.11. The van der Waals surface area contributed by atoms with Crippen LogP contribution in [0.4, 0.5) is 5.69 Å². The number of rotatable bonds is 3. The van der Waals surface area contributed by atoms with Crippen LogP contribution in [0, 0.1) is 0 Å². The summed E-state index contributed by atoms with van der Waals surface area (Å²) in [5.74, 6) is -0.372. The molecule has 1 aliphatic heterocycles. The van der Waals surface area contributed by atoms with Crippen LogP contribution in [0.2, 0.25) is 5.15 Å². The molecule has 0 saturated carbocycles. The van der Waals surface area contributed by atoms with E-state index in [2.05, 4.69) is 15.5 Å². The molecule has 1 aliphatic rings. The molecule has 2 heterocycles. The van der Waals surface area contributed by atoms with E-state index in [1.165, 1.54) is 0 Å². The molecule has 1 aromatic carbocycles. The molecule has 0 bridgehead atoms. The minimum atomic E-state index is -0.954. The fraction of sp³-hybridized carbons (Fsp3) is 0.214. The van der Waals surface area contributed by atoms with Crippen LogP contribution in [0.3, 0.4) is 0 Å². The zero-order valence-electron chi connectivity index (χ0n) is 11.8. The van der Waals surface area contributed by atoms with Gasteiger partial charge in [0, 0.05) is 5.69 Å². The molecule has 0 fully saturated rings. The number of benzene rings is 1. The van der Waals surface area contributed by atoms with Gasteiger partial charge in [-0.2, -0.15) is 5.10 Å². The van der Waals surface area contributed by atoms with Crippen LogP contribution in [0.15, 0.2) is 24.3 Å². The Labute approximate surface area is 132 Å². The van der Waals surface area contributed by atoms with Crippen molar-refractivity contribution in [1.29, 1.82) is 0 Å². The summed E-state index contributed by atoms with van der Waals surface area (Å²) in [6.45, 7) is 2.28. The minimum Gasteiger partial charge on any atom is -0.423 e. The summed E-state index contributed by atoms with van der Waals surface area (Å²) < 4.78 is 5.12. The van der Waals surface area contributed by atoms with Gasteiger partial charge in [-0.15, -0.1) is 5.10 Å². The van der Waals surface area contributed by atoms with E-state index >= 15 is 0 Å². The molecule has 22 heavy (non-hydrogen) atoms. The molecule has 0 saturated heterocycles. The number of aryl methyl sites for hydroxylation is 1. The van der Waals surface area contributed by atoms with E-state index in [4.69, 9.17) is 16.3 Å². The minimum absolute atomic E-state index is 0.0548. The third kappa shape index (κ3) is 2.83. The molecule has 2 N–H and O–H groups in total. The van der Waals surface area contributed by atoms with E-state index in [9.17, 15) is 9.82 Å². The van der Waals surface area contributed by atoms with Gasteiger partial charge in [0.05, 0.1) is 17.9 Å². The molecule has 1 aromatic heterocycles. The highest BCUT2D eigenvalue weighted by Crippen LogP contribution is 2.18. The van der Waals surface area contributed by atoms with E-state index in [0.29, 0.717) is 29.9 Å². The van der Waals surface area contributed by atoms with Gasteiger partial charge in [0.2, 0.25) is 0 Å². The standard InChI is InChI=1S/C14H13BClN3O3/c1-2-9-5-11(13(16)19-18-9)14(20)17-10-4-3-8-7-22-15(21)12(8)6-10/h3-6,21H,2,7H2,1H3,(H,17,20). The molecule has 3 rings (SSSR count). The van der Waals surface area contributed by atoms with E-state index in [0.717, 1.165) is 5.56 Å². The molecule has 0 spiro atoms. The fourth-order valence-corrected chi connectivity index (χ4v) is 2.42. The fourth-order valence-electron chi connectivity index (χ4n) is 2.24. The van der Waals surface area contributed by atoms with E-state index in [-0.39, 0.29) is 16.6 Å². The zero-order chi connectivity index (χ0) is 15.7. The Balaban J connectivity index is 1.84. The first kappa shape index (κ1) is 15.0. The molecule has 0 atom stereocenters. The molecular formula is C14H13BClN3O3. The van der Waals surface area contributed by atoms with Gasteiger partial charge in [-0.3, -0.25) is 4.79 Å². The summed E-state index contributed by atoms with van der Waals surface area (Å²) in [4.78, 5) is 12.3. The molecule has 112 valence electrons. The van der Waals surface area contributed by atoms with Gasteiger partial charge in [-0.1, -0.05) is 24.6 Å². The quantitative estimate of drug-likeness (QED) is 0.830. The van der Waals surface area contributed by atoms with E-state index in [1.54, 1.807) is 18.2 Å². The molecule has 0 radical (unpaired) electrons. The van der Waals surface area contributed by atoms with Crippen molar-refractivity contribution in [3.05, 3.63) is 46.2 Å². The van der Waals surface area contributed by atoms with E-state index in [1.807, 2.05) is 13.0 Å². The Morgan fingerprint density at radius 2 is 2.27 bits per heavy atom. The average molecular weight is 318 g/mol. The van der Waals surface area contributed by atoms with Gasteiger partial charge in [-0.05, 0) is 35.6 Å². The number of anilines is 1. The molecule has 0 unspecified atom stereocenters. The van der Waals surface area contributed by atoms with Gasteiger partial charge < -0.3 is 15.0 Å². The van der Waals surface area contributed by atoms with Crippen molar-refractivity contribution < 1.29 is 14.5 Å². The second kappa shape index (κ2) is 6.04. The lowest BCUT2D eigenvalue weighted by atomic mass is 9.79. The average Bonchev–Trinajstić information content (AvgIpc) is 2.89. The van der Waals surface area contributed by atoms with Gasteiger partial charge in [0.15, 0.2) is 5.15 Å². The molecule has 8 heteroatoms. The van der Waals surface area contributed by atoms with Crippen molar-refractivity contribution in [2.75, 3.05) is 5.32 Å². The van der Waals surface area contributed by atoms with Crippen LogP contribution in [-0.4, -0.2) is 28.2 Å². The first-order chi connectivity index (χ1) is 10.6. The van der Waals surface area contributed by atoms with Gasteiger partial charge in [-0.25, -0.2) is 0 Å². The zero-order valence-corrected chi connectivity index (χ0v) is 12.6. The van der Waals surface area contributed by atoms with Crippen LogP contribution in [0.25, 0.3) is 0 Å². The van der Waals surface area contributed by atoms with Crippen molar-refractivity contribution in [3.8, 4) is 0 Å². The summed E-state index contributed by atoms with van der Waals surface area (Å²) in [5, 5.41) is 20.2. The van der Waals surface area contributed by atoms with Crippen molar-refractivity contribution in [2.45, 2.75) is 20.0 Å². The summed E-state index contributed by atoms with van der Waals surface area (Å²) in [6.07, 6.45) is 0.660. The van der Waals surface area contributed by atoms with Crippen LogP contribution in [0.1, 0.15) is 28.5 Å². The first-order valence-corrected chi connectivity index (χ1v) is 7.22. The van der Waals surface area contributed by atoms with Gasteiger partial charge >= 0.3 is 7.12 Å². The molecular weight excluding hydrogens is 304 g/mol. The Morgan fingerprint density at radius 1 is 1.45 bits per heavy atom. The number of hydrogen-bond donors (Lipinski definition) is 2. The Bertz CT molecular complexity index is 741. The number of aromatic nitrogens is 2. The highest BCUT2D eigenvalue weighted by Gasteiger charge is 2.27. The highest BCUT2D eigenvalue weighted by atomic mass is 35.5. The number of hydrogen-bond acceptors (Lipinski definition) is 5. The van der Waals surface area contributed by atoms with Crippen molar-refractivity contribution in [1.82, 2.24) is 10.2 Å². The maximum atomic E-state index is 12.3. The van der Waals surface area contributed by atoms with Crippen molar-refractivity contribution in [3.63, 3.8) is 0 Å². The summed E-state index contributed by atoms with van der Waals surface area (Å²) in [5.41, 5.74) is 3.07. The summed E-state index contributed by atoms with van der Waals surface area (Å²) in [7, 11) is -0.954. The Morgan fingerprint density at radius 3 is 3.05 bits per heavy atom. The van der Waals surface area contributed by atoms with Crippen molar-refractivity contribution in [2.24, 2.45) is 0 Å². The predicted molar refractivity (Wildman–Crippen MR) is 83.2 cm³/mol. The normalized spacial score (nSPS) is 13.1. The second-order valence-electron chi connectivity index (χ2n) is 4.92. The van der Waals surface area contributed by atoms with Crippen LogP contribution in [0.5, 0.6) is 0 Å². The summed E-state index contributed by atoms with van der Waals surface area (Å²) >= 11 is 5.94. The molecule has 1 amide bonds. The van der Waals surface area contributed by atoms with Crippen LogP contribution in [-0.2, 0) is 17.7 Å². The number of carbonyl (C=O) groups is 1. The number of nitrogens with one attached hydrogen (secondary N) is 1. The molecule has 6 nitrogen and oxygen atoms in total. The van der Waals surface area contributed by atoms with Crippen molar-refractivity contribution >= 4 is 35.8 Å². The number of amides is 1. The maximum absolute atomic E-state index is 12.3. The maximum Gasteiger partial charge on any atom is 0.491 e. The topological polar surface area (TPSA) is 84.3 Å². The number of halogens is 1. The highest BCUT2D eigenvalue weighted by molar-refractivity contribution is 6.61.